The fraction of sp³-hybridized carbons (Fsp3) is 0.462. The van der Waals surface area contributed by atoms with E-state index >= 15 is 0 Å². The number of hydrogen-bond acceptors (Lipinski definition) is 1. The summed E-state index contributed by atoms with van der Waals surface area (Å²) in [6, 6.07) is 5.70. The lowest BCUT2D eigenvalue weighted by Crippen LogP contribution is -2.06. The molecule has 88 valence electrons. The topological polar surface area (TPSA) is 17.1 Å². The number of benzene rings is 1. The van der Waals surface area contributed by atoms with Crippen LogP contribution in [0.3, 0.4) is 0 Å². The first-order valence-corrected chi connectivity index (χ1v) is 7.10. The van der Waals surface area contributed by atoms with Gasteiger partial charge in [0.25, 0.3) is 0 Å². The third-order valence-electron chi connectivity index (χ3n) is 2.50. The van der Waals surface area contributed by atoms with Crippen LogP contribution in [0, 0.1) is 5.92 Å². The summed E-state index contributed by atoms with van der Waals surface area (Å²) in [6.07, 6.45) is 2.88. The maximum atomic E-state index is 12.0. The predicted molar refractivity (Wildman–Crippen MR) is 74.9 cm³/mol. The molecular weight excluding hydrogens is 332 g/mol. The van der Waals surface area contributed by atoms with Crippen LogP contribution in [0.2, 0.25) is 0 Å². The Labute approximate surface area is 114 Å². The van der Waals surface area contributed by atoms with Gasteiger partial charge >= 0.3 is 0 Å². The smallest absolute Gasteiger partial charge is 0.163 e. The Morgan fingerprint density at radius 3 is 2.31 bits per heavy atom. The second kappa shape index (κ2) is 6.55. The standard InChI is InChI=1S/C13H16Br2O/c1-3-4-9(2)5-13(16)10-6-11(14)8-12(15)7-10/h6-9H,3-5H2,1-2H3. The van der Waals surface area contributed by atoms with Crippen LogP contribution in [0.25, 0.3) is 0 Å². The van der Waals surface area contributed by atoms with Crippen molar-refractivity contribution < 1.29 is 4.79 Å². The highest BCUT2D eigenvalue weighted by atomic mass is 79.9. The molecule has 0 fully saturated rings. The first-order valence-electron chi connectivity index (χ1n) is 5.52. The van der Waals surface area contributed by atoms with E-state index in [1.165, 1.54) is 0 Å². The molecule has 1 unspecified atom stereocenters. The molecule has 0 radical (unpaired) electrons. The van der Waals surface area contributed by atoms with Crippen LogP contribution in [-0.2, 0) is 0 Å². The Kier molecular flexibility index (Phi) is 5.70. The Bertz CT molecular complexity index is 354. The number of hydrogen-bond donors (Lipinski definition) is 0. The van der Waals surface area contributed by atoms with E-state index in [4.69, 9.17) is 0 Å². The highest BCUT2D eigenvalue weighted by molar-refractivity contribution is 9.11. The molecule has 0 amide bonds. The molecule has 0 aliphatic rings. The summed E-state index contributed by atoms with van der Waals surface area (Å²) in [7, 11) is 0. The van der Waals surface area contributed by atoms with E-state index in [2.05, 4.69) is 45.7 Å². The van der Waals surface area contributed by atoms with Gasteiger partial charge in [0.2, 0.25) is 0 Å². The normalized spacial score (nSPS) is 12.5. The van der Waals surface area contributed by atoms with Gasteiger partial charge in [-0.3, -0.25) is 4.79 Å². The second-order valence-electron chi connectivity index (χ2n) is 4.18. The zero-order valence-corrected chi connectivity index (χ0v) is 12.8. The van der Waals surface area contributed by atoms with Gasteiger partial charge in [0.05, 0.1) is 0 Å². The van der Waals surface area contributed by atoms with Gasteiger partial charge < -0.3 is 0 Å². The number of carbonyl (C=O) groups is 1. The second-order valence-corrected chi connectivity index (χ2v) is 6.01. The van der Waals surface area contributed by atoms with Crippen LogP contribution in [0.5, 0.6) is 0 Å². The lowest BCUT2D eigenvalue weighted by molar-refractivity contribution is 0.0962. The molecule has 0 heterocycles. The molecule has 3 heteroatoms. The summed E-state index contributed by atoms with van der Waals surface area (Å²) in [6.45, 7) is 4.28. The van der Waals surface area contributed by atoms with E-state index in [9.17, 15) is 4.79 Å². The lowest BCUT2D eigenvalue weighted by atomic mass is 9.96. The Morgan fingerprint density at radius 2 is 1.81 bits per heavy atom. The molecule has 0 saturated heterocycles. The Balaban J connectivity index is 2.72. The third kappa shape index (κ3) is 4.38. The molecule has 16 heavy (non-hydrogen) atoms. The van der Waals surface area contributed by atoms with Crippen molar-refractivity contribution in [2.45, 2.75) is 33.1 Å². The molecule has 0 aliphatic carbocycles. The summed E-state index contributed by atoms with van der Waals surface area (Å²) in [4.78, 5) is 12.0. The SMILES string of the molecule is CCCC(C)CC(=O)c1cc(Br)cc(Br)c1. The quantitative estimate of drug-likeness (QED) is 0.667. The van der Waals surface area contributed by atoms with Crippen molar-refractivity contribution in [1.82, 2.24) is 0 Å². The number of ketones is 1. The number of rotatable bonds is 5. The van der Waals surface area contributed by atoms with Crippen molar-refractivity contribution in [3.05, 3.63) is 32.7 Å². The molecule has 1 aromatic carbocycles. The summed E-state index contributed by atoms with van der Waals surface area (Å²) >= 11 is 6.79. The van der Waals surface area contributed by atoms with E-state index in [-0.39, 0.29) is 5.78 Å². The van der Waals surface area contributed by atoms with Crippen molar-refractivity contribution in [3.8, 4) is 0 Å². The van der Waals surface area contributed by atoms with E-state index in [0.717, 1.165) is 27.4 Å². The Hall–Kier alpha value is -0.150. The van der Waals surface area contributed by atoms with Crippen molar-refractivity contribution in [2.75, 3.05) is 0 Å². The molecule has 0 N–H and O–H groups in total. The molecule has 1 rings (SSSR count). The predicted octanol–water partition coefficient (Wildman–Crippen LogP) is 5.22. The van der Waals surface area contributed by atoms with Crippen LogP contribution >= 0.6 is 31.9 Å². The fourth-order valence-electron chi connectivity index (χ4n) is 1.74. The number of halogens is 2. The Morgan fingerprint density at radius 1 is 1.25 bits per heavy atom. The molecule has 1 nitrogen and oxygen atoms in total. The third-order valence-corrected chi connectivity index (χ3v) is 3.42. The van der Waals surface area contributed by atoms with Crippen LogP contribution in [0.1, 0.15) is 43.5 Å². The summed E-state index contributed by atoms with van der Waals surface area (Å²) in [5.41, 5.74) is 0.782. The number of carbonyl (C=O) groups excluding carboxylic acids is 1. The molecule has 0 aromatic heterocycles. The van der Waals surface area contributed by atoms with E-state index < -0.39 is 0 Å². The van der Waals surface area contributed by atoms with Crippen LogP contribution in [0.4, 0.5) is 0 Å². The lowest BCUT2D eigenvalue weighted by Gasteiger charge is -2.09. The van der Waals surface area contributed by atoms with Crippen molar-refractivity contribution >= 4 is 37.6 Å². The van der Waals surface area contributed by atoms with Gasteiger partial charge in [-0.1, -0.05) is 58.5 Å². The van der Waals surface area contributed by atoms with Crippen LogP contribution in [0.15, 0.2) is 27.1 Å². The minimum atomic E-state index is 0.225. The molecule has 0 saturated carbocycles. The molecule has 0 bridgehead atoms. The van der Waals surface area contributed by atoms with E-state index in [0.29, 0.717) is 12.3 Å². The highest BCUT2D eigenvalue weighted by Crippen LogP contribution is 2.22. The highest BCUT2D eigenvalue weighted by Gasteiger charge is 2.11. The average Bonchev–Trinajstić information content (AvgIpc) is 2.16. The molecule has 0 spiro atoms. The van der Waals surface area contributed by atoms with Crippen molar-refractivity contribution in [3.63, 3.8) is 0 Å². The van der Waals surface area contributed by atoms with Crippen LogP contribution in [-0.4, -0.2) is 5.78 Å². The monoisotopic (exact) mass is 346 g/mol. The van der Waals surface area contributed by atoms with Crippen molar-refractivity contribution in [2.24, 2.45) is 5.92 Å². The first-order chi connectivity index (χ1) is 7.52. The molecular formula is C13H16Br2O. The summed E-state index contributed by atoms with van der Waals surface area (Å²) < 4.78 is 1.88. The van der Waals surface area contributed by atoms with Crippen molar-refractivity contribution in [1.29, 1.82) is 0 Å². The minimum Gasteiger partial charge on any atom is -0.294 e. The fourth-order valence-corrected chi connectivity index (χ4v) is 3.04. The van der Waals surface area contributed by atoms with Gasteiger partial charge in [0, 0.05) is 20.9 Å². The minimum absolute atomic E-state index is 0.225. The molecule has 1 atom stereocenters. The van der Waals surface area contributed by atoms with E-state index in [1.807, 2.05) is 18.2 Å². The van der Waals surface area contributed by atoms with Gasteiger partial charge in [0.1, 0.15) is 0 Å². The summed E-state index contributed by atoms with van der Waals surface area (Å²) in [5, 5.41) is 0. The van der Waals surface area contributed by atoms with Gasteiger partial charge in [0.15, 0.2) is 5.78 Å². The maximum absolute atomic E-state index is 12.0. The van der Waals surface area contributed by atoms with Gasteiger partial charge in [-0.25, -0.2) is 0 Å². The van der Waals surface area contributed by atoms with Gasteiger partial charge in [-0.2, -0.15) is 0 Å². The number of Topliss-reactive ketones (excluding diaryl/α,β-unsaturated/α-hetero) is 1. The molecule has 0 aliphatic heterocycles. The van der Waals surface area contributed by atoms with E-state index in [1.54, 1.807) is 0 Å². The molecule has 1 aromatic rings. The average molecular weight is 348 g/mol. The maximum Gasteiger partial charge on any atom is 0.163 e. The van der Waals surface area contributed by atoms with Crippen LogP contribution < -0.4 is 0 Å². The summed E-state index contributed by atoms with van der Waals surface area (Å²) in [5.74, 6) is 0.693. The zero-order chi connectivity index (χ0) is 12.1. The zero-order valence-electron chi connectivity index (χ0n) is 9.59. The van der Waals surface area contributed by atoms with Gasteiger partial charge in [-0.05, 0) is 24.1 Å². The first kappa shape index (κ1) is 13.9. The van der Waals surface area contributed by atoms with Gasteiger partial charge in [-0.15, -0.1) is 0 Å². The largest absolute Gasteiger partial charge is 0.294 e.